The maximum absolute atomic E-state index is 13.3. The zero-order chi connectivity index (χ0) is 10.2. The highest BCUT2D eigenvalue weighted by Crippen LogP contribution is 2.29. The highest BCUT2D eigenvalue weighted by atomic mass is 35.5. The van der Waals surface area contributed by atoms with Crippen LogP contribution in [0.5, 0.6) is 0 Å². The van der Waals surface area contributed by atoms with Crippen LogP contribution in [0, 0.1) is 5.95 Å². The second kappa shape index (κ2) is 3.29. The molecule has 0 aliphatic carbocycles. The van der Waals surface area contributed by atoms with Crippen LogP contribution in [0.1, 0.15) is 33.4 Å². The van der Waals surface area contributed by atoms with Gasteiger partial charge in [-0.2, -0.15) is 9.49 Å². The molecule has 0 amide bonds. The molecule has 0 spiro atoms. The summed E-state index contributed by atoms with van der Waals surface area (Å²) in [4.78, 5) is 0. The third-order valence-electron chi connectivity index (χ3n) is 1.85. The van der Waals surface area contributed by atoms with Gasteiger partial charge in [-0.15, -0.1) is 0 Å². The van der Waals surface area contributed by atoms with Gasteiger partial charge in [-0.25, -0.2) is 4.68 Å². The molecule has 0 atom stereocenters. The van der Waals surface area contributed by atoms with Gasteiger partial charge in [0.05, 0.1) is 5.69 Å². The number of rotatable bonds is 1. The molecule has 0 saturated heterocycles. The summed E-state index contributed by atoms with van der Waals surface area (Å²) in [7, 11) is 0. The molecular weight excluding hydrogens is 191 g/mol. The van der Waals surface area contributed by atoms with Crippen LogP contribution < -0.4 is 0 Å². The smallest absolute Gasteiger partial charge is 0.230 e. The Morgan fingerprint density at radius 1 is 1.46 bits per heavy atom. The van der Waals surface area contributed by atoms with E-state index in [1.165, 1.54) is 4.68 Å². The molecule has 0 aromatic carbocycles. The van der Waals surface area contributed by atoms with Crippen LogP contribution in [0.15, 0.2) is 0 Å². The SMILES string of the molecule is CCn1nc(C(C)(C)C)c(Cl)c1F. The molecule has 0 unspecified atom stereocenters. The van der Waals surface area contributed by atoms with Gasteiger partial charge >= 0.3 is 0 Å². The molecule has 1 aromatic rings. The van der Waals surface area contributed by atoms with Gasteiger partial charge in [0.1, 0.15) is 5.02 Å². The van der Waals surface area contributed by atoms with E-state index in [0.717, 1.165) is 0 Å². The summed E-state index contributed by atoms with van der Waals surface area (Å²) >= 11 is 5.82. The second-order valence-electron chi connectivity index (χ2n) is 4.02. The Morgan fingerprint density at radius 3 is 2.23 bits per heavy atom. The molecule has 2 nitrogen and oxygen atoms in total. The molecular formula is C9H14ClFN2. The van der Waals surface area contributed by atoms with Crippen molar-refractivity contribution in [2.24, 2.45) is 0 Å². The summed E-state index contributed by atoms with van der Waals surface area (Å²) in [6.07, 6.45) is 0. The molecule has 0 saturated carbocycles. The first-order valence-corrected chi connectivity index (χ1v) is 4.68. The van der Waals surface area contributed by atoms with Crippen molar-refractivity contribution in [2.75, 3.05) is 0 Å². The molecule has 13 heavy (non-hydrogen) atoms. The second-order valence-corrected chi connectivity index (χ2v) is 4.40. The van der Waals surface area contributed by atoms with Gasteiger partial charge in [0.15, 0.2) is 0 Å². The number of nitrogens with zero attached hydrogens (tertiary/aromatic N) is 2. The van der Waals surface area contributed by atoms with E-state index >= 15 is 0 Å². The predicted molar refractivity (Wildman–Crippen MR) is 51.6 cm³/mol. The zero-order valence-electron chi connectivity index (χ0n) is 8.36. The third kappa shape index (κ3) is 1.85. The van der Waals surface area contributed by atoms with Crippen molar-refractivity contribution in [3.8, 4) is 0 Å². The number of aryl methyl sites for hydroxylation is 1. The largest absolute Gasteiger partial charge is 0.238 e. The number of aromatic nitrogens is 2. The van der Waals surface area contributed by atoms with Gasteiger partial charge in [0, 0.05) is 12.0 Å². The Morgan fingerprint density at radius 2 is 2.00 bits per heavy atom. The molecule has 4 heteroatoms. The van der Waals surface area contributed by atoms with Crippen LogP contribution in [0.25, 0.3) is 0 Å². The minimum atomic E-state index is -0.436. The minimum absolute atomic E-state index is 0.148. The van der Waals surface area contributed by atoms with Gasteiger partial charge in [0.2, 0.25) is 5.95 Å². The van der Waals surface area contributed by atoms with Crippen molar-refractivity contribution in [1.29, 1.82) is 0 Å². The first-order chi connectivity index (χ1) is 5.88. The highest BCUT2D eigenvalue weighted by Gasteiger charge is 2.25. The van der Waals surface area contributed by atoms with E-state index < -0.39 is 5.95 Å². The van der Waals surface area contributed by atoms with Crippen molar-refractivity contribution in [1.82, 2.24) is 9.78 Å². The summed E-state index contributed by atoms with van der Waals surface area (Å²) in [5, 5.41) is 4.26. The van der Waals surface area contributed by atoms with Crippen LogP contribution in [0.2, 0.25) is 5.02 Å². The molecule has 0 bridgehead atoms. The van der Waals surface area contributed by atoms with Gasteiger partial charge in [-0.1, -0.05) is 32.4 Å². The van der Waals surface area contributed by atoms with E-state index in [4.69, 9.17) is 11.6 Å². The van der Waals surface area contributed by atoms with Crippen LogP contribution in [-0.4, -0.2) is 9.78 Å². The molecule has 0 N–H and O–H groups in total. The van der Waals surface area contributed by atoms with Crippen LogP contribution in [-0.2, 0) is 12.0 Å². The quantitative estimate of drug-likeness (QED) is 0.688. The average molecular weight is 205 g/mol. The average Bonchev–Trinajstić information content (AvgIpc) is 2.28. The Labute approximate surface area is 82.7 Å². The van der Waals surface area contributed by atoms with Gasteiger partial charge in [-0.3, -0.25) is 0 Å². The Balaban J connectivity index is 3.25. The molecule has 0 radical (unpaired) electrons. The standard InChI is InChI=1S/C9H14ClFN2/c1-5-13-8(11)6(10)7(12-13)9(2,3)4/h5H2,1-4H3. The fraction of sp³-hybridized carbons (Fsp3) is 0.667. The summed E-state index contributed by atoms with van der Waals surface area (Å²) in [5.41, 5.74) is 0.409. The predicted octanol–water partition coefficient (Wildman–Crippen LogP) is 2.99. The van der Waals surface area contributed by atoms with E-state index in [1.54, 1.807) is 0 Å². The molecule has 0 fully saturated rings. The summed E-state index contributed by atoms with van der Waals surface area (Å²) in [5.74, 6) is -0.436. The van der Waals surface area contributed by atoms with Gasteiger partial charge < -0.3 is 0 Å². The molecule has 74 valence electrons. The van der Waals surface area contributed by atoms with Crippen molar-refractivity contribution in [3.05, 3.63) is 16.7 Å². The monoisotopic (exact) mass is 204 g/mol. The fourth-order valence-corrected chi connectivity index (χ4v) is 1.53. The number of halogens is 2. The normalized spacial score (nSPS) is 12.2. The van der Waals surface area contributed by atoms with E-state index in [9.17, 15) is 4.39 Å². The number of hydrogen-bond donors (Lipinski definition) is 0. The lowest BCUT2D eigenvalue weighted by molar-refractivity contribution is 0.464. The first-order valence-electron chi connectivity index (χ1n) is 4.30. The van der Waals surface area contributed by atoms with Crippen LogP contribution in [0.4, 0.5) is 4.39 Å². The van der Waals surface area contributed by atoms with E-state index in [-0.39, 0.29) is 10.4 Å². The number of hydrogen-bond acceptors (Lipinski definition) is 1. The van der Waals surface area contributed by atoms with Crippen molar-refractivity contribution >= 4 is 11.6 Å². The Bertz CT molecular complexity index is 312. The highest BCUT2D eigenvalue weighted by molar-refractivity contribution is 6.31. The van der Waals surface area contributed by atoms with Crippen molar-refractivity contribution in [2.45, 2.75) is 39.7 Å². The lowest BCUT2D eigenvalue weighted by Gasteiger charge is -2.14. The van der Waals surface area contributed by atoms with E-state index in [2.05, 4.69) is 5.10 Å². The van der Waals surface area contributed by atoms with Crippen molar-refractivity contribution in [3.63, 3.8) is 0 Å². The molecule has 1 rings (SSSR count). The van der Waals surface area contributed by atoms with Crippen LogP contribution >= 0.6 is 11.6 Å². The lowest BCUT2D eigenvalue weighted by Crippen LogP contribution is -2.13. The van der Waals surface area contributed by atoms with Crippen molar-refractivity contribution < 1.29 is 4.39 Å². The lowest BCUT2D eigenvalue weighted by atomic mass is 9.92. The van der Waals surface area contributed by atoms with Gasteiger partial charge in [-0.05, 0) is 6.92 Å². The topological polar surface area (TPSA) is 17.8 Å². The zero-order valence-corrected chi connectivity index (χ0v) is 9.11. The summed E-state index contributed by atoms with van der Waals surface area (Å²) < 4.78 is 14.6. The maximum Gasteiger partial charge on any atom is 0.230 e. The summed E-state index contributed by atoms with van der Waals surface area (Å²) in [6, 6.07) is 0. The third-order valence-corrected chi connectivity index (χ3v) is 2.18. The minimum Gasteiger partial charge on any atom is -0.238 e. The molecule has 0 aliphatic rings. The van der Waals surface area contributed by atoms with E-state index in [1.807, 2.05) is 27.7 Å². The molecule has 1 heterocycles. The Hall–Kier alpha value is -0.570. The Kier molecular flexibility index (Phi) is 2.66. The molecule has 1 aromatic heterocycles. The molecule has 0 aliphatic heterocycles. The first kappa shape index (κ1) is 10.5. The fourth-order valence-electron chi connectivity index (χ4n) is 1.11. The van der Waals surface area contributed by atoms with Crippen LogP contribution in [0.3, 0.4) is 0 Å². The maximum atomic E-state index is 13.3. The van der Waals surface area contributed by atoms with E-state index in [0.29, 0.717) is 12.2 Å². The van der Waals surface area contributed by atoms with Gasteiger partial charge in [0.25, 0.3) is 0 Å². The summed E-state index contributed by atoms with van der Waals surface area (Å²) in [6.45, 7) is 8.21.